The summed E-state index contributed by atoms with van der Waals surface area (Å²) in [5, 5.41) is 12.6. The Morgan fingerprint density at radius 2 is 2.17 bits per heavy atom. The largest absolute Gasteiger partial charge is 0.383 e. The van der Waals surface area contributed by atoms with Crippen molar-refractivity contribution in [1.82, 2.24) is 20.1 Å². The molecule has 0 saturated heterocycles. The van der Waals surface area contributed by atoms with Gasteiger partial charge in [-0.25, -0.2) is 9.18 Å². The molecule has 0 saturated carbocycles. The Balaban J connectivity index is 1.80. The van der Waals surface area contributed by atoms with Crippen LogP contribution < -0.4 is 10.6 Å². The molecule has 8 nitrogen and oxygen atoms in total. The molecule has 0 aliphatic rings. The molecule has 2 N–H and O–H groups in total. The lowest BCUT2D eigenvalue weighted by Gasteiger charge is -2.08. The summed E-state index contributed by atoms with van der Waals surface area (Å²) in [5.41, 5.74) is -0.00485. The lowest BCUT2D eigenvalue weighted by molar-refractivity contribution is -0.117. The van der Waals surface area contributed by atoms with Crippen molar-refractivity contribution in [2.24, 2.45) is 0 Å². The second kappa shape index (κ2) is 8.99. The fourth-order valence-corrected chi connectivity index (χ4v) is 2.45. The second-order valence-corrected chi connectivity index (χ2v) is 5.51. The van der Waals surface area contributed by atoms with Gasteiger partial charge in [-0.1, -0.05) is 23.9 Å². The molecule has 0 bridgehead atoms. The number of urea groups is 1. The lowest BCUT2D eigenvalue weighted by atomic mass is 10.3. The standard InChI is InChI=1S/C14H16FN5O3S/c1-23-7-6-20-9-16-19-14(20)24-8-12(21)18-13(22)17-11-5-3-2-4-10(11)15/h2-5,9H,6-8H2,1H3,(H2,17,18,21,22). The van der Waals surface area contributed by atoms with Crippen LogP contribution in [0.25, 0.3) is 0 Å². The summed E-state index contributed by atoms with van der Waals surface area (Å²) < 4.78 is 20.1. The molecule has 0 aliphatic carbocycles. The Morgan fingerprint density at radius 3 is 2.92 bits per heavy atom. The van der Waals surface area contributed by atoms with Gasteiger partial charge in [-0.05, 0) is 12.1 Å². The van der Waals surface area contributed by atoms with Crippen molar-refractivity contribution in [3.8, 4) is 0 Å². The summed E-state index contributed by atoms with van der Waals surface area (Å²) >= 11 is 1.13. The van der Waals surface area contributed by atoms with Gasteiger partial charge in [0.1, 0.15) is 12.1 Å². The van der Waals surface area contributed by atoms with E-state index in [1.54, 1.807) is 17.7 Å². The molecule has 0 atom stereocenters. The summed E-state index contributed by atoms with van der Waals surface area (Å²) in [6, 6.07) is 4.88. The third kappa shape index (κ3) is 5.32. The highest BCUT2D eigenvalue weighted by Gasteiger charge is 2.12. The first-order chi connectivity index (χ1) is 11.6. The summed E-state index contributed by atoms with van der Waals surface area (Å²) in [7, 11) is 1.58. The van der Waals surface area contributed by atoms with Gasteiger partial charge in [-0.15, -0.1) is 10.2 Å². The van der Waals surface area contributed by atoms with Gasteiger partial charge >= 0.3 is 6.03 Å². The first kappa shape index (κ1) is 17.9. The quantitative estimate of drug-likeness (QED) is 0.732. The highest BCUT2D eigenvalue weighted by molar-refractivity contribution is 7.99. The number of ether oxygens (including phenoxy) is 1. The number of amides is 3. The Kier molecular flexibility index (Phi) is 6.70. The second-order valence-electron chi connectivity index (χ2n) is 4.57. The number of hydrogen-bond donors (Lipinski definition) is 2. The van der Waals surface area contributed by atoms with Crippen LogP contribution in [0.2, 0.25) is 0 Å². The van der Waals surface area contributed by atoms with Crippen molar-refractivity contribution in [3.05, 3.63) is 36.4 Å². The molecule has 3 amide bonds. The van der Waals surface area contributed by atoms with Crippen molar-refractivity contribution in [2.45, 2.75) is 11.7 Å². The van der Waals surface area contributed by atoms with Crippen molar-refractivity contribution < 1.29 is 18.7 Å². The Labute approximate surface area is 141 Å². The Hall–Kier alpha value is -2.46. The number of halogens is 1. The molecule has 128 valence electrons. The molecule has 10 heteroatoms. The van der Waals surface area contributed by atoms with Crippen molar-refractivity contribution in [3.63, 3.8) is 0 Å². The van der Waals surface area contributed by atoms with Crippen molar-refractivity contribution >= 4 is 29.4 Å². The zero-order chi connectivity index (χ0) is 17.4. The zero-order valence-electron chi connectivity index (χ0n) is 12.9. The topological polar surface area (TPSA) is 98.1 Å². The summed E-state index contributed by atoms with van der Waals surface area (Å²) in [6.45, 7) is 1.05. The van der Waals surface area contributed by atoms with E-state index in [1.807, 2.05) is 0 Å². The monoisotopic (exact) mass is 353 g/mol. The van der Waals surface area contributed by atoms with E-state index in [-0.39, 0.29) is 11.4 Å². The highest BCUT2D eigenvalue weighted by Crippen LogP contribution is 2.14. The molecule has 0 radical (unpaired) electrons. The average molecular weight is 353 g/mol. The number of nitrogens with one attached hydrogen (secondary N) is 2. The van der Waals surface area contributed by atoms with Gasteiger partial charge in [0, 0.05) is 13.7 Å². The minimum atomic E-state index is -0.799. The Bertz CT molecular complexity index is 709. The normalized spacial score (nSPS) is 10.4. The number of methoxy groups -OCH3 is 1. The number of rotatable bonds is 7. The van der Waals surface area contributed by atoms with E-state index >= 15 is 0 Å². The molecular weight excluding hydrogens is 337 g/mol. The van der Waals surface area contributed by atoms with Gasteiger partial charge in [0.05, 0.1) is 18.0 Å². The average Bonchev–Trinajstić information content (AvgIpc) is 3.00. The molecule has 1 aromatic heterocycles. The number of carbonyl (C=O) groups is 2. The molecular formula is C14H16FN5O3S. The van der Waals surface area contributed by atoms with Crippen molar-refractivity contribution in [2.75, 3.05) is 24.8 Å². The predicted octanol–water partition coefficient (Wildman–Crippen LogP) is 1.50. The van der Waals surface area contributed by atoms with Gasteiger partial charge in [0.15, 0.2) is 5.16 Å². The summed E-state index contributed by atoms with van der Waals surface area (Å²) in [6.07, 6.45) is 1.53. The first-order valence-electron chi connectivity index (χ1n) is 6.95. The lowest BCUT2D eigenvalue weighted by Crippen LogP contribution is -2.35. The fraction of sp³-hybridized carbons (Fsp3) is 0.286. The molecule has 1 heterocycles. The highest BCUT2D eigenvalue weighted by atomic mass is 32.2. The van der Waals surface area contributed by atoms with E-state index in [1.165, 1.54) is 24.5 Å². The molecule has 0 unspecified atom stereocenters. The van der Waals surface area contributed by atoms with Gasteiger partial charge in [0.2, 0.25) is 5.91 Å². The number of carbonyl (C=O) groups excluding carboxylic acids is 2. The number of imide groups is 1. The van der Waals surface area contributed by atoms with E-state index in [4.69, 9.17) is 4.74 Å². The van der Waals surface area contributed by atoms with Crippen LogP contribution in [0.4, 0.5) is 14.9 Å². The van der Waals surface area contributed by atoms with Gasteiger partial charge in [0.25, 0.3) is 0 Å². The number of aromatic nitrogens is 3. The van der Waals surface area contributed by atoms with Crippen LogP contribution in [0.3, 0.4) is 0 Å². The van der Waals surface area contributed by atoms with Gasteiger partial charge < -0.3 is 14.6 Å². The predicted molar refractivity (Wildman–Crippen MR) is 86.2 cm³/mol. The molecule has 2 aromatic rings. The van der Waals surface area contributed by atoms with E-state index in [0.717, 1.165) is 11.8 Å². The maximum Gasteiger partial charge on any atom is 0.325 e. The SMILES string of the molecule is COCCn1cnnc1SCC(=O)NC(=O)Nc1ccccc1F. The number of thioether (sulfide) groups is 1. The summed E-state index contributed by atoms with van der Waals surface area (Å²) in [5.74, 6) is -1.15. The minimum absolute atomic E-state index is 0.00485. The smallest absolute Gasteiger partial charge is 0.325 e. The number of hydrogen-bond acceptors (Lipinski definition) is 6. The van der Waals surface area contributed by atoms with Crippen molar-refractivity contribution in [1.29, 1.82) is 0 Å². The molecule has 24 heavy (non-hydrogen) atoms. The van der Waals surface area contributed by atoms with Crippen LogP contribution in [0.15, 0.2) is 35.7 Å². The maximum atomic E-state index is 13.4. The van der Waals surface area contributed by atoms with Gasteiger partial charge in [-0.2, -0.15) is 0 Å². The minimum Gasteiger partial charge on any atom is -0.383 e. The number of benzene rings is 1. The molecule has 2 rings (SSSR count). The molecule has 0 fully saturated rings. The fourth-order valence-electron chi connectivity index (χ4n) is 1.71. The van der Waals surface area contributed by atoms with Crippen LogP contribution in [0.5, 0.6) is 0 Å². The van der Waals surface area contributed by atoms with E-state index < -0.39 is 17.8 Å². The molecule has 0 spiro atoms. The van der Waals surface area contributed by atoms with Gasteiger partial charge in [-0.3, -0.25) is 10.1 Å². The molecule has 1 aromatic carbocycles. The van der Waals surface area contributed by atoms with Crippen LogP contribution >= 0.6 is 11.8 Å². The van der Waals surface area contributed by atoms with E-state index in [9.17, 15) is 14.0 Å². The number of para-hydroxylation sites is 1. The van der Waals surface area contributed by atoms with Crippen LogP contribution in [-0.2, 0) is 16.1 Å². The van der Waals surface area contributed by atoms with Crippen LogP contribution in [0, 0.1) is 5.82 Å². The first-order valence-corrected chi connectivity index (χ1v) is 7.93. The molecule has 0 aliphatic heterocycles. The number of nitrogens with zero attached hydrogens (tertiary/aromatic N) is 3. The van der Waals surface area contributed by atoms with Crippen LogP contribution in [0.1, 0.15) is 0 Å². The third-order valence-electron chi connectivity index (χ3n) is 2.82. The van der Waals surface area contributed by atoms with E-state index in [2.05, 4.69) is 20.8 Å². The van der Waals surface area contributed by atoms with Crippen LogP contribution in [-0.4, -0.2) is 46.2 Å². The summed E-state index contributed by atoms with van der Waals surface area (Å²) in [4.78, 5) is 23.5. The number of anilines is 1. The van der Waals surface area contributed by atoms with E-state index in [0.29, 0.717) is 18.3 Å². The Morgan fingerprint density at radius 1 is 1.38 bits per heavy atom. The maximum absolute atomic E-state index is 13.4. The third-order valence-corrected chi connectivity index (χ3v) is 3.80. The zero-order valence-corrected chi connectivity index (χ0v) is 13.7.